The van der Waals surface area contributed by atoms with Crippen molar-refractivity contribution in [3.8, 4) is 0 Å². The summed E-state index contributed by atoms with van der Waals surface area (Å²) in [5.74, 6) is 0. The molecule has 0 saturated heterocycles. The molecule has 0 N–H and O–H groups in total. The average Bonchev–Trinajstić information content (AvgIpc) is 4.12. The summed E-state index contributed by atoms with van der Waals surface area (Å²) in [6.45, 7) is 6.50. The van der Waals surface area contributed by atoms with E-state index >= 15 is 0 Å². The normalized spacial score (nSPS) is 12.2. The van der Waals surface area contributed by atoms with Gasteiger partial charge in [-0.25, -0.2) is 0 Å². The molecule has 15 rings (SSSR count). The molecule has 0 aliphatic carbocycles. The molecule has 0 fully saturated rings. The number of aromatic nitrogens is 3. The quantitative estimate of drug-likeness (QED) is 0.146. The zero-order valence-corrected chi connectivity index (χ0v) is 33.7. The predicted octanol–water partition coefficient (Wildman–Crippen LogP) is 15.4. The zero-order chi connectivity index (χ0) is 39.8. The van der Waals surface area contributed by atoms with E-state index in [9.17, 15) is 0 Å². The lowest BCUT2D eigenvalue weighted by Crippen LogP contribution is -1.80. The first kappa shape index (κ1) is 33.4. The lowest BCUT2D eigenvalue weighted by Gasteiger charge is -1.98. The van der Waals surface area contributed by atoms with Crippen LogP contribution in [0.1, 0.15) is 16.7 Å². The summed E-state index contributed by atoms with van der Waals surface area (Å²) in [4.78, 5) is 0. The van der Waals surface area contributed by atoms with Gasteiger partial charge in [-0.3, -0.25) is 0 Å². The maximum absolute atomic E-state index is 2.41. The van der Waals surface area contributed by atoms with Gasteiger partial charge in [0.05, 0.1) is 49.7 Å². The van der Waals surface area contributed by atoms with Gasteiger partial charge in [0.1, 0.15) is 0 Å². The fourth-order valence-electron chi connectivity index (χ4n) is 10.7. The van der Waals surface area contributed by atoms with Crippen LogP contribution in [0.5, 0.6) is 0 Å². The predicted molar refractivity (Wildman–Crippen MR) is 258 cm³/mol. The molecule has 0 atom stereocenters. The van der Waals surface area contributed by atoms with E-state index in [0.29, 0.717) is 0 Å². The first-order chi connectivity index (χ1) is 29.5. The van der Waals surface area contributed by atoms with Gasteiger partial charge in [-0.15, -0.1) is 0 Å². The molecule has 0 aliphatic rings. The van der Waals surface area contributed by atoms with Gasteiger partial charge in [-0.1, -0.05) is 132 Å². The van der Waals surface area contributed by atoms with Gasteiger partial charge in [0, 0.05) is 64.6 Å². The third kappa shape index (κ3) is 4.44. The number of hydrogen-bond donors (Lipinski definition) is 0. The molecule has 0 unspecified atom stereocenters. The molecular formula is C57H39N3. The van der Waals surface area contributed by atoms with Gasteiger partial charge in [0.15, 0.2) is 0 Å². The Bertz CT molecular complexity index is 3890. The highest BCUT2D eigenvalue weighted by Crippen LogP contribution is 2.42. The van der Waals surface area contributed by atoms with Gasteiger partial charge in [0.25, 0.3) is 0 Å². The Morgan fingerprint density at radius 1 is 0.217 bits per heavy atom. The highest BCUT2D eigenvalue weighted by atomic mass is 14.9. The van der Waals surface area contributed by atoms with Crippen LogP contribution in [-0.4, -0.2) is 13.2 Å². The molecule has 0 bridgehead atoms. The molecule has 3 nitrogen and oxygen atoms in total. The van der Waals surface area contributed by atoms with E-state index in [-0.39, 0.29) is 0 Å². The van der Waals surface area contributed by atoms with E-state index in [1.165, 1.54) is 131 Å². The molecule has 60 heavy (non-hydrogen) atoms. The second-order valence-corrected chi connectivity index (χ2v) is 16.7. The second-order valence-electron chi connectivity index (χ2n) is 16.7. The van der Waals surface area contributed by atoms with Gasteiger partial charge < -0.3 is 13.2 Å². The monoisotopic (exact) mass is 765 g/mol. The summed E-state index contributed by atoms with van der Waals surface area (Å²) >= 11 is 0. The molecular weight excluding hydrogens is 727 g/mol. The van der Waals surface area contributed by atoms with E-state index in [1.807, 2.05) is 0 Å². The lowest BCUT2D eigenvalue weighted by molar-refractivity contribution is 1.36. The Balaban J connectivity index is 0.0000000926. The van der Waals surface area contributed by atoms with Gasteiger partial charge >= 0.3 is 0 Å². The molecule has 0 aliphatic heterocycles. The van der Waals surface area contributed by atoms with Gasteiger partial charge in [-0.05, 0) is 87.0 Å². The van der Waals surface area contributed by atoms with Crippen molar-refractivity contribution >= 4 is 114 Å². The minimum atomic E-state index is 1.30. The number of fused-ring (bicyclic) bond motifs is 18. The Labute approximate surface area is 345 Å². The topological polar surface area (TPSA) is 13.2 Å². The van der Waals surface area contributed by atoms with Crippen molar-refractivity contribution in [2.75, 3.05) is 0 Å². The summed E-state index contributed by atoms with van der Waals surface area (Å²) in [6, 6.07) is 66.1. The Hall–Kier alpha value is -7.62. The largest absolute Gasteiger partial charge is 0.308 e. The molecule has 3 heteroatoms. The van der Waals surface area contributed by atoms with Crippen LogP contribution in [0, 0.1) is 20.8 Å². The van der Waals surface area contributed by atoms with Crippen LogP contribution in [0.25, 0.3) is 114 Å². The van der Waals surface area contributed by atoms with Crippen LogP contribution in [0.3, 0.4) is 0 Å². The zero-order valence-electron chi connectivity index (χ0n) is 33.7. The summed E-state index contributed by atoms with van der Waals surface area (Å²) in [6.07, 6.45) is 0. The molecule has 9 aromatic carbocycles. The molecule has 0 saturated carbocycles. The molecule has 6 heterocycles. The summed E-state index contributed by atoms with van der Waals surface area (Å²) in [7, 11) is 0. The maximum atomic E-state index is 2.41. The van der Waals surface area contributed by atoms with Crippen LogP contribution in [0.4, 0.5) is 0 Å². The van der Waals surface area contributed by atoms with E-state index in [4.69, 9.17) is 0 Å². The first-order valence-corrected chi connectivity index (χ1v) is 20.9. The van der Waals surface area contributed by atoms with Crippen molar-refractivity contribution in [3.05, 3.63) is 199 Å². The molecule has 15 aromatic rings. The van der Waals surface area contributed by atoms with Crippen molar-refractivity contribution in [3.63, 3.8) is 0 Å². The minimum Gasteiger partial charge on any atom is -0.308 e. The summed E-state index contributed by atoms with van der Waals surface area (Å²) in [5.41, 5.74) is 15.9. The van der Waals surface area contributed by atoms with E-state index < -0.39 is 0 Å². The van der Waals surface area contributed by atoms with Crippen molar-refractivity contribution < 1.29 is 0 Å². The van der Waals surface area contributed by atoms with Crippen LogP contribution in [0.15, 0.2) is 182 Å². The Kier molecular flexibility index (Phi) is 6.78. The van der Waals surface area contributed by atoms with Crippen LogP contribution in [0.2, 0.25) is 0 Å². The number of rotatable bonds is 0. The van der Waals surface area contributed by atoms with Crippen LogP contribution in [-0.2, 0) is 0 Å². The van der Waals surface area contributed by atoms with Crippen molar-refractivity contribution in [1.82, 2.24) is 13.2 Å². The standard InChI is InChI=1S/3C19H13N/c1-12-10-15-13-6-2-4-8-17(13)20-18-9-5-3-7-14(18)16(11-12)19(15)20;2*1-12-9-10-18-16(11-12)15-7-4-6-14-13-5-2-3-8-17(13)20(18)19(14)15/h3*2-11H,1H3. The molecule has 0 spiro atoms. The second kappa shape index (κ2) is 12.2. The molecule has 6 aromatic heterocycles. The number of nitrogens with zero attached hydrogens (tertiary/aromatic N) is 3. The third-order valence-electron chi connectivity index (χ3n) is 13.1. The Morgan fingerprint density at radius 2 is 0.483 bits per heavy atom. The summed E-state index contributed by atoms with van der Waals surface area (Å²) < 4.78 is 7.23. The fraction of sp³-hybridized carbons (Fsp3) is 0.0526. The van der Waals surface area contributed by atoms with Crippen molar-refractivity contribution in [2.45, 2.75) is 20.8 Å². The third-order valence-corrected chi connectivity index (χ3v) is 13.1. The van der Waals surface area contributed by atoms with Crippen LogP contribution >= 0.6 is 0 Å². The maximum Gasteiger partial charge on any atom is 0.0620 e. The highest BCUT2D eigenvalue weighted by Gasteiger charge is 2.19. The molecule has 282 valence electrons. The van der Waals surface area contributed by atoms with E-state index in [1.54, 1.807) is 0 Å². The summed E-state index contributed by atoms with van der Waals surface area (Å²) in [5, 5.41) is 16.3. The minimum absolute atomic E-state index is 1.30. The van der Waals surface area contributed by atoms with Gasteiger partial charge in [0.2, 0.25) is 0 Å². The Morgan fingerprint density at radius 3 is 0.867 bits per heavy atom. The number of benzene rings is 9. The van der Waals surface area contributed by atoms with Crippen molar-refractivity contribution in [2.24, 2.45) is 0 Å². The van der Waals surface area contributed by atoms with Crippen molar-refractivity contribution in [1.29, 1.82) is 0 Å². The van der Waals surface area contributed by atoms with Crippen LogP contribution < -0.4 is 0 Å². The number of hydrogen-bond acceptors (Lipinski definition) is 0. The fourth-order valence-corrected chi connectivity index (χ4v) is 10.7. The highest BCUT2D eigenvalue weighted by molar-refractivity contribution is 6.25. The molecule has 0 radical (unpaired) electrons. The number of para-hydroxylation sites is 6. The number of aryl methyl sites for hydroxylation is 3. The average molecular weight is 766 g/mol. The van der Waals surface area contributed by atoms with E-state index in [0.717, 1.165) is 0 Å². The SMILES string of the molecule is Cc1cc2c3ccccc3n3c4ccccc4c(c1)c23.Cc1ccc2c(c1)c1cccc3c4ccccc4n2c31.Cc1ccc2c(c1)c1cccc3c4ccccc4n2c31. The van der Waals surface area contributed by atoms with Gasteiger partial charge in [-0.2, -0.15) is 0 Å². The lowest BCUT2D eigenvalue weighted by atomic mass is 10.1. The molecule has 0 amide bonds. The first-order valence-electron chi connectivity index (χ1n) is 20.9. The van der Waals surface area contributed by atoms with E-state index in [2.05, 4.69) is 216 Å². The smallest absolute Gasteiger partial charge is 0.0620 e.